The van der Waals surface area contributed by atoms with E-state index in [1.54, 1.807) is 0 Å². The van der Waals surface area contributed by atoms with Crippen molar-refractivity contribution in [1.29, 1.82) is 0 Å². The number of aromatic nitrogens is 4. The Kier molecular flexibility index (Phi) is 4.55. The van der Waals surface area contributed by atoms with Crippen molar-refractivity contribution in [3.63, 3.8) is 0 Å². The Bertz CT molecular complexity index is 633. The average molecular weight is 338 g/mol. The molecule has 6 heteroatoms. The Morgan fingerprint density at radius 1 is 1.10 bits per heavy atom. The lowest BCUT2D eigenvalue weighted by Gasteiger charge is -2.14. The van der Waals surface area contributed by atoms with E-state index in [2.05, 4.69) is 45.1 Å². The van der Waals surface area contributed by atoms with Crippen LogP contribution in [0.5, 0.6) is 0 Å². The maximum atomic E-state index is 5.96. The molecule has 2 aromatic rings. The Morgan fingerprint density at radius 3 is 2.25 bits per heavy atom. The summed E-state index contributed by atoms with van der Waals surface area (Å²) in [7, 11) is 0. The quantitative estimate of drug-likeness (QED) is 0.930. The second-order valence-electron chi connectivity index (χ2n) is 4.74. The molecule has 20 heavy (non-hydrogen) atoms. The third-order valence-electron chi connectivity index (χ3n) is 3.54. The largest absolute Gasteiger partial charge is 0.326 e. The second kappa shape index (κ2) is 6.01. The number of nitrogens with two attached hydrogens (primary N) is 1. The molecule has 0 bridgehead atoms. The van der Waals surface area contributed by atoms with Crippen molar-refractivity contribution in [2.45, 2.75) is 47.1 Å². The van der Waals surface area contributed by atoms with Crippen LogP contribution in [0.25, 0.3) is 5.82 Å². The SMILES string of the molecule is CCc1nnc(-n2nc(C)c(Br)c2C)c(CN)c1CC. The van der Waals surface area contributed by atoms with Crippen LogP contribution in [0.2, 0.25) is 0 Å². The Hall–Kier alpha value is -1.27. The van der Waals surface area contributed by atoms with Crippen LogP contribution < -0.4 is 5.73 Å². The number of halogens is 1. The van der Waals surface area contributed by atoms with Crippen molar-refractivity contribution in [3.05, 3.63) is 32.7 Å². The first-order valence-corrected chi connectivity index (χ1v) is 7.63. The fourth-order valence-electron chi connectivity index (χ4n) is 2.45. The molecule has 0 saturated heterocycles. The maximum absolute atomic E-state index is 5.96. The highest BCUT2D eigenvalue weighted by molar-refractivity contribution is 9.10. The molecular weight excluding hydrogens is 318 g/mol. The van der Waals surface area contributed by atoms with Gasteiger partial charge in [-0.1, -0.05) is 13.8 Å². The molecular formula is C14H20BrN5. The van der Waals surface area contributed by atoms with Gasteiger partial charge in [-0.25, -0.2) is 4.68 Å². The van der Waals surface area contributed by atoms with Crippen molar-refractivity contribution >= 4 is 15.9 Å². The smallest absolute Gasteiger partial charge is 0.180 e. The van der Waals surface area contributed by atoms with Gasteiger partial charge in [0.25, 0.3) is 0 Å². The predicted octanol–water partition coefficient (Wildman–Crippen LogP) is 2.63. The molecule has 0 amide bonds. The molecule has 0 aliphatic heterocycles. The van der Waals surface area contributed by atoms with Gasteiger partial charge in [-0.3, -0.25) is 0 Å². The lowest BCUT2D eigenvalue weighted by atomic mass is 10.0. The van der Waals surface area contributed by atoms with Crippen molar-refractivity contribution in [2.75, 3.05) is 0 Å². The number of nitrogens with zero attached hydrogens (tertiary/aromatic N) is 4. The summed E-state index contributed by atoms with van der Waals surface area (Å²) in [6.07, 6.45) is 1.77. The highest BCUT2D eigenvalue weighted by Gasteiger charge is 2.18. The molecule has 0 atom stereocenters. The topological polar surface area (TPSA) is 69.6 Å². The molecule has 0 radical (unpaired) electrons. The number of hydrogen-bond donors (Lipinski definition) is 1. The van der Waals surface area contributed by atoms with Gasteiger partial charge < -0.3 is 5.73 Å². The Morgan fingerprint density at radius 2 is 1.80 bits per heavy atom. The van der Waals surface area contributed by atoms with E-state index in [9.17, 15) is 0 Å². The summed E-state index contributed by atoms with van der Waals surface area (Å²) in [5.74, 6) is 0.743. The molecule has 0 aromatic carbocycles. The van der Waals surface area contributed by atoms with Crippen LogP contribution in [0.15, 0.2) is 4.47 Å². The highest BCUT2D eigenvalue weighted by atomic mass is 79.9. The van der Waals surface area contributed by atoms with Gasteiger partial charge in [0.2, 0.25) is 0 Å². The molecule has 0 unspecified atom stereocenters. The lowest BCUT2D eigenvalue weighted by Crippen LogP contribution is -2.15. The van der Waals surface area contributed by atoms with Crippen LogP contribution in [-0.4, -0.2) is 20.0 Å². The Balaban J connectivity index is 2.71. The van der Waals surface area contributed by atoms with Gasteiger partial charge in [0.05, 0.1) is 21.6 Å². The summed E-state index contributed by atoms with van der Waals surface area (Å²) in [6, 6.07) is 0. The van der Waals surface area contributed by atoms with E-state index in [1.165, 1.54) is 5.56 Å². The third-order valence-corrected chi connectivity index (χ3v) is 4.69. The minimum Gasteiger partial charge on any atom is -0.326 e. The van der Waals surface area contributed by atoms with Crippen LogP contribution in [0.4, 0.5) is 0 Å². The van der Waals surface area contributed by atoms with E-state index in [-0.39, 0.29) is 0 Å². The first-order valence-electron chi connectivity index (χ1n) is 6.84. The summed E-state index contributed by atoms with van der Waals surface area (Å²) in [4.78, 5) is 0. The zero-order chi connectivity index (χ0) is 14.9. The molecule has 108 valence electrons. The summed E-state index contributed by atoms with van der Waals surface area (Å²) in [6.45, 7) is 8.62. The van der Waals surface area contributed by atoms with Crippen LogP contribution >= 0.6 is 15.9 Å². The van der Waals surface area contributed by atoms with Gasteiger partial charge >= 0.3 is 0 Å². The average Bonchev–Trinajstić information content (AvgIpc) is 2.72. The van der Waals surface area contributed by atoms with Gasteiger partial charge in [0.15, 0.2) is 5.82 Å². The lowest BCUT2D eigenvalue weighted by molar-refractivity contribution is 0.737. The molecule has 0 aliphatic carbocycles. The second-order valence-corrected chi connectivity index (χ2v) is 5.53. The van der Waals surface area contributed by atoms with Gasteiger partial charge in [-0.2, -0.15) is 10.2 Å². The molecule has 2 heterocycles. The summed E-state index contributed by atoms with van der Waals surface area (Å²) in [5.41, 5.74) is 11.2. The van der Waals surface area contributed by atoms with E-state index in [1.807, 2.05) is 18.5 Å². The number of aryl methyl sites for hydroxylation is 2. The molecule has 2 aromatic heterocycles. The van der Waals surface area contributed by atoms with Crippen LogP contribution in [0.1, 0.15) is 42.1 Å². The van der Waals surface area contributed by atoms with E-state index < -0.39 is 0 Å². The fraction of sp³-hybridized carbons (Fsp3) is 0.500. The maximum Gasteiger partial charge on any atom is 0.180 e. The van der Waals surface area contributed by atoms with Crippen LogP contribution in [-0.2, 0) is 19.4 Å². The summed E-state index contributed by atoms with van der Waals surface area (Å²) < 4.78 is 2.83. The molecule has 5 nitrogen and oxygen atoms in total. The highest BCUT2D eigenvalue weighted by Crippen LogP contribution is 2.25. The third kappa shape index (κ3) is 2.38. The standard InChI is InChI=1S/C14H20BrN5/c1-5-10-11(7-16)14(18-17-12(10)6-2)20-9(4)13(15)8(3)19-20/h5-7,16H2,1-4H3. The van der Waals surface area contributed by atoms with Crippen LogP contribution in [0, 0.1) is 13.8 Å². The van der Waals surface area contributed by atoms with Crippen molar-refractivity contribution in [3.8, 4) is 5.82 Å². The van der Waals surface area contributed by atoms with Crippen molar-refractivity contribution < 1.29 is 0 Å². The van der Waals surface area contributed by atoms with E-state index >= 15 is 0 Å². The van der Waals surface area contributed by atoms with E-state index in [0.29, 0.717) is 6.54 Å². The normalized spacial score (nSPS) is 11.1. The molecule has 0 spiro atoms. The summed E-state index contributed by atoms with van der Waals surface area (Å²) in [5, 5.41) is 13.2. The van der Waals surface area contributed by atoms with Gasteiger partial charge in [-0.15, -0.1) is 5.10 Å². The van der Waals surface area contributed by atoms with Gasteiger partial charge in [0.1, 0.15) is 0 Å². The van der Waals surface area contributed by atoms with Crippen LogP contribution in [0.3, 0.4) is 0 Å². The molecule has 0 fully saturated rings. The molecule has 0 aliphatic rings. The first-order chi connectivity index (χ1) is 9.54. The Labute approximate surface area is 127 Å². The zero-order valence-corrected chi connectivity index (χ0v) is 14.0. The molecule has 0 saturated carbocycles. The number of rotatable bonds is 4. The molecule has 2 rings (SSSR count). The van der Waals surface area contributed by atoms with E-state index in [0.717, 1.165) is 45.8 Å². The van der Waals surface area contributed by atoms with Crippen molar-refractivity contribution in [2.24, 2.45) is 5.73 Å². The monoisotopic (exact) mass is 337 g/mol. The minimum atomic E-state index is 0.441. The first kappa shape index (κ1) is 15.1. The summed E-state index contributed by atoms with van der Waals surface area (Å²) >= 11 is 3.54. The number of hydrogen-bond acceptors (Lipinski definition) is 4. The van der Waals surface area contributed by atoms with Crippen molar-refractivity contribution in [1.82, 2.24) is 20.0 Å². The minimum absolute atomic E-state index is 0.441. The predicted molar refractivity (Wildman–Crippen MR) is 83.0 cm³/mol. The zero-order valence-electron chi connectivity index (χ0n) is 12.4. The van der Waals surface area contributed by atoms with Gasteiger partial charge in [0, 0.05) is 12.1 Å². The fourth-order valence-corrected chi connectivity index (χ4v) is 2.70. The molecule has 2 N–H and O–H groups in total. The van der Waals surface area contributed by atoms with Gasteiger partial charge in [-0.05, 0) is 48.2 Å². The van der Waals surface area contributed by atoms with E-state index in [4.69, 9.17) is 5.73 Å².